The average molecular weight is 450 g/mol. The van der Waals surface area contributed by atoms with Gasteiger partial charge in [0.05, 0.1) is 23.8 Å². The molecule has 1 unspecified atom stereocenters. The predicted molar refractivity (Wildman–Crippen MR) is 122 cm³/mol. The maximum Gasteiger partial charge on any atom is 0.261 e. The molecule has 0 aliphatic carbocycles. The molecule has 0 saturated carbocycles. The lowest BCUT2D eigenvalue weighted by molar-refractivity contribution is 0.0475. The Morgan fingerprint density at radius 1 is 1.00 bits per heavy atom. The molecule has 0 spiro atoms. The van der Waals surface area contributed by atoms with Crippen molar-refractivity contribution in [2.45, 2.75) is 45.3 Å². The maximum atomic E-state index is 12.8. The smallest absolute Gasteiger partial charge is 0.261 e. The molecule has 2 aromatic rings. The number of benzene rings is 2. The molecule has 2 heterocycles. The third-order valence-corrected chi connectivity index (χ3v) is 5.51. The number of carbonyl (C=O) groups is 4. The SMILES string of the molecule is CC(C)(C)NC(=O)c1cccc(NC(=O)c2ccc3c(c2)C(=O)N(CC2CCCO2)C3=O)c1. The van der Waals surface area contributed by atoms with Crippen molar-refractivity contribution in [2.24, 2.45) is 0 Å². The van der Waals surface area contributed by atoms with Crippen LogP contribution in [-0.2, 0) is 4.74 Å². The van der Waals surface area contributed by atoms with Gasteiger partial charge in [-0.3, -0.25) is 24.1 Å². The highest BCUT2D eigenvalue weighted by Crippen LogP contribution is 2.26. The van der Waals surface area contributed by atoms with Crippen LogP contribution in [0.2, 0.25) is 0 Å². The van der Waals surface area contributed by atoms with Crippen molar-refractivity contribution in [1.82, 2.24) is 10.2 Å². The number of ether oxygens (including phenoxy) is 1. The summed E-state index contributed by atoms with van der Waals surface area (Å²) in [6.07, 6.45) is 1.59. The molecular weight excluding hydrogens is 422 g/mol. The second-order valence-corrected chi connectivity index (χ2v) is 9.36. The van der Waals surface area contributed by atoms with Gasteiger partial charge < -0.3 is 15.4 Å². The molecule has 2 N–H and O–H groups in total. The van der Waals surface area contributed by atoms with Gasteiger partial charge >= 0.3 is 0 Å². The molecule has 2 aromatic carbocycles. The van der Waals surface area contributed by atoms with Crippen LogP contribution in [0.15, 0.2) is 42.5 Å². The van der Waals surface area contributed by atoms with E-state index >= 15 is 0 Å². The van der Waals surface area contributed by atoms with Crippen molar-refractivity contribution in [1.29, 1.82) is 0 Å². The fourth-order valence-corrected chi connectivity index (χ4v) is 3.94. The fourth-order valence-electron chi connectivity index (χ4n) is 3.94. The largest absolute Gasteiger partial charge is 0.376 e. The first-order valence-corrected chi connectivity index (χ1v) is 11.0. The van der Waals surface area contributed by atoms with Gasteiger partial charge in [-0.15, -0.1) is 0 Å². The first-order chi connectivity index (χ1) is 15.6. The van der Waals surface area contributed by atoms with Crippen molar-refractivity contribution in [2.75, 3.05) is 18.5 Å². The van der Waals surface area contributed by atoms with Crippen LogP contribution in [0, 0.1) is 0 Å². The van der Waals surface area contributed by atoms with Gasteiger partial charge in [0.2, 0.25) is 0 Å². The van der Waals surface area contributed by atoms with Crippen LogP contribution in [0.25, 0.3) is 0 Å². The quantitative estimate of drug-likeness (QED) is 0.682. The molecule has 1 atom stereocenters. The lowest BCUT2D eigenvalue weighted by Gasteiger charge is -2.20. The second kappa shape index (κ2) is 8.78. The van der Waals surface area contributed by atoms with Gasteiger partial charge in [0, 0.05) is 29.0 Å². The number of imide groups is 1. The van der Waals surface area contributed by atoms with E-state index in [1.165, 1.54) is 23.1 Å². The van der Waals surface area contributed by atoms with Crippen LogP contribution in [0.1, 0.15) is 75.0 Å². The molecule has 0 radical (unpaired) electrons. The molecule has 1 saturated heterocycles. The minimum Gasteiger partial charge on any atom is -0.376 e. The summed E-state index contributed by atoms with van der Waals surface area (Å²) < 4.78 is 5.55. The van der Waals surface area contributed by atoms with Crippen molar-refractivity contribution in [3.05, 3.63) is 64.7 Å². The number of hydrogen-bond acceptors (Lipinski definition) is 5. The average Bonchev–Trinajstić information content (AvgIpc) is 3.35. The lowest BCUT2D eigenvalue weighted by atomic mass is 10.0. The van der Waals surface area contributed by atoms with E-state index in [1.807, 2.05) is 20.8 Å². The third kappa shape index (κ3) is 4.96. The van der Waals surface area contributed by atoms with Crippen molar-refractivity contribution >= 4 is 29.3 Å². The summed E-state index contributed by atoms with van der Waals surface area (Å²) in [4.78, 5) is 51.9. The minimum atomic E-state index is -0.441. The zero-order valence-corrected chi connectivity index (χ0v) is 18.9. The number of nitrogens with one attached hydrogen (secondary N) is 2. The number of hydrogen-bond donors (Lipinski definition) is 2. The van der Waals surface area contributed by atoms with E-state index in [-0.39, 0.29) is 46.7 Å². The van der Waals surface area contributed by atoms with Gasteiger partial charge in [-0.1, -0.05) is 6.07 Å². The Morgan fingerprint density at radius 3 is 2.42 bits per heavy atom. The number of anilines is 1. The molecule has 2 aliphatic heterocycles. The molecule has 33 heavy (non-hydrogen) atoms. The van der Waals surface area contributed by atoms with Gasteiger partial charge in [-0.2, -0.15) is 0 Å². The number of amides is 4. The molecule has 172 valence electrons. The summed E-state index contributed by atoms with van der Waals surface area (Å²) in [5.41, 5.74) is 1.23. The molecule has 8 nitrogen and oxygen atoms in total. The zero-order chi connectivity index (χ0) is 23.8. The van der Waals surface area contributed by atoms with Crippen LogP contribution in [0.3, 0.4) is 0 Å². The fraction of sp³-hybridized carbons (Fsp3) is 0.360. The Bertz CT molecular complexity index is 1130. The van der Waals surface area contributed by atoms with E-state index in [1.54, 1.807) is 24.3 Å². The van der Waals surface area contributed by atoms with Gasteiger partial charge in [0.25, 0.3) is 23.6 Å². The first-order valence-electron chi connectivity index (χ1n) is 11.0. The number of fused-ring (bicyclic) bond motifs is 1. The highest BCUT2D eigenvalue weighted by Gasteiger charge is 2.38. The summed E-state index contributed by atoms with van der Waals surface area (Å²) in [5.74, 6) is -1.47. The van der Waals surface area contributed by atoms with Crippen LogP contribution in [0.4, 0.5) is 5.69 Å². The van der Waals surface area contributed by atoms with E-state index in [2.05, 4.69) is 10.6 Å². The van der Waals surface area contributed by atoms with Crippen molar-refractivity contribution in [3.8, 4) is 0 Å². The molecule has 8 heteroatoms. The molecule has 0 bridgehead atoms. The Hall–Kier alpha value is -3.52. The topological polar surface area (TPSA) is 105 Å². The lowest BCUT2D eigenvalue weighted by Crippen LogP contribution is -2.40. The summed E-state index contributed by atoms with van der Waals surface area (Å²) in [5, 5.41) is 5.63. The third-order valence-electron chi connectivity index (χ3n) is 5.51. The highest BCUT2D eigenvalue weighted by atomic mass is 16.5. The van der Waals surface area contributed by atoms with Crippen LogP contribution < -0.4 is 10.6 Å². The Morgan fingerprint density at radius 2 is 1.73 bits per heavy atom. The number of rotatable bonds is 5. The second-order valence-electron chi connectivity index (χ2n) is 9.36. The Kier molecular flexibility index (Phi) is 6.03. The molecule has 4 amide bonds. The van der Waals surface area contributed by atoms with E-state index in [9.17, 15) is 19.2 Å². The van der Waals surface area contributed by atoms with Crippen LogP contribution >= 0.6 is 0 Å². The normalized spacial score (nSPS) is 17.8. The van der Waals surface area contributed by atoms with Gasteiger partial charge in [-0.25, -0.2) is 0 Å². The molecule has 4 rings (SSSR count). The van der Waals surface area contributed by atoms with Crippen molar-refractivity contribution < 1.29 is 23.9 Å². The molecule has 1 fully saturated rings. The first kappa shape index (κ1) is 22.7. The Labute approximate surface area is 192 Å². The van der Waals surface area contributed by atoms with Crippen molar-refractivity contribution in [3.63, 3.8) is 0 Å². The van der Waals surface area contributed by atoms with Gasteiger partial charge in [-0.05, 0) is 70.0 Å². The van der Waals surface area contributed by atoms with E-state index < -0.39 is 11.8 Å². The Balaban J connectivity index is 1.48. The number of nitrogens with zero attached hydrogens (tertiary/aromatic N) is 1. The summed E-state index contributed by atoms with van der Waals surface area (Å²) in [7, 11) is 0. The van der Waals surface area contributed by atoms with E-state index in [0.717, 1.165) is 12.8 Å². The summed E-state index contributed by atoms with van der Waals surface area (Å²) >= 11 is 0. The maximum absolute atomic E-state index is 12.8. The monoisotopic (exact) mass is 449 g/mol. The molecular formula is C25H27N3O5. The standard InChI is InChI=1S/C25H27N3O5/c1-25(2,3)27-22(30)15-6-4-7-17(12-15)26-21(29)16-9-10-19-20(13-16)24(32)28(23(19)31)14-18-8-5-11-33-18/h4,6-7,9-10,12-13,18H,5,8,11,14H2,1-3H3,(H,26,29)(H,27,30). The minimum absolute atomic E-state index is 0.141. The highest BCUT2D eigenvalue weighted by molar-refractivity contribution is 6.22. The zero-order valence-electron chi connectivity index (χ0n) is 18.9. The summed E-state index contributed by atoms with van der Waals surface area (Å²) in [6, 6.07) is 11.1. The number of carbonyl (C=O) groups excluding carboxylic acids is 4. The van der Waals surface area contributed by atoms with Gasteiger partial charge in [0.15, 0.2) is 0 Å². The molecule has 2 aliphatic rings. The predicted octanol–water partition coefficient (Wildman–Crippen LogP) is 3.24. The van der Waals surface area contributed by atoms with E-state index in [4.69, 9.17) is 4.74 Å². The van der Waals surface area contributed by atoms with Crippen LogP contribution in [0.5, 0.6) is 0 Å². The van der Waals surface area contributed by atoms with Crippen LogP contribution in [-0.4, -0.2) is 53.3 Å². The summed E-state index contributed by atoms with van der Waals surface area (Å²) in [6.45, 7) is 6.52. The van der Waals surface area contributed by atoms with E-state index in [0.29, 0.717) is 17.9 Å². The molecule has 0 aromatic heterocycles. The van der Waals surface area contributed by atoms with Gasteiger partial charge in [0.1, 0.15) is 0 Å².